The highest BCUT2D eigenvalue weighted by Crippen LogP contribution is 2.27. The van der Waals surface area contributed by atoms with Gasteiger partial charge in [0.2, 0.25) is 0 Å². The van der Waals surface area contributed by atoms with E-state index in [4.69, 9.17) is 24.1 Å². The Morgan fingerprint density at radius 3 is 2.11 bits per heavy atom. The van der Waals surface area contributed by atoms with Crippen molar-refractivity contribution in [3.05, 3.63) is 114 Å². The van der Waals surface area contributed by atoms with Crippen molar-refractivity contribution < 1.29 is 28.8 Å². The van der Waals surface area contributed by atoms with Gasteiger partial charge in [-0.1, -0.05) is 54.6 Å². The van der Waals surface area contributed by atoms with Crippen molar-refractivity contribution in [1.29, 1.82) is 0 Å². The molecule has 0 aliphatic rings. The Morgan fingerprint density at radius 2 is 1.34 bits per heavy atom. The molecule has 35 heavy (non-hydrogen) atoms. The Balaban J connectivity index is 1.36. The number of aryl methyl sites for hydroxylation is 1. The predicted molar refractivity (Wildman–Crippen MR) is 132 cm³/mol. The van der Waals surface area contributed by atoms with Gasteiger partial charge in [0.15, 0.2) is 6.61 Å². The van der Waals surface area contributed by atoms with Crippen LogP contribution < -0.4 is 18.9 Å². The second kappa shape index (κ2) is 11.6. The summed E-state index contributed by atoms with van der Waals surface area (Å²) in [5, 5.41) is 8.93. The smallest absolute Gasteiger partial charge is 0.341 e. The minimum absolute atomic E-state index is 0.235. The first-order valence-electron chi connectivity index (χ1n) is 11.2. The van der Waals surface area contributed by atoms with Crippen LogP contribution in [0.4, 0.5) is 0 Å². The topological polar surface area (TPSA) is 74.2 Å². The SMILES string of the molecule is Cc1cccc(COc2cccc(OCc3cccc(Oc4ccccc4)c3)c2)c1OCC(=O)O. The van der Waals surface area contributed by atoms with Gasteiger partial charge in [-0.25, -0.2) is 4.79 Å². The molecule has 0 amide bonds. The molecule has 0 aliphatic heterocycles. The molecule has 6 heteroatoms. The summed E-state index contributed by atoms with van der Waals surface area (Å²) >= 11 is 0. The maximum atomic E-state index is 10.9. The van der Waals surface area contributed by atoms with Gasteiger partial charge in [-0.3, -0.25) is 0 Å². The Kier molecular flexibility index (Phi) is 7.86. The molecule has 4 rings (SSSR count). The van der Waals surface area contributed by atoms with Crippen LogP contribution in [0.1, 0.15) is 16.7 Å². The second-order valence-electron chi connectivity index (χ2n) is 7.86. The molecule has 0 aromatic heterocycles. The van der Waals surface area contributed by atoms with Gasteiger partial charge in [0.1, 0.15) is 42.0 Å². The van der Waals surface area contributed by atoms with Crippen molar-refractivity contribution in [2.75, 3.05) is 6.61 Å². The quantitative estimate of drug-likeness (QED) is 0.273. The fourth-order valence-corrected chi connectivity index (χ4v) is 3.47. The van der Waals surface area contributed by atoms with Crippen molar-refractivity contribution >= 4 is 5.97 Å². The highest BCUT2D eigenvalue weighted by molar-refractivity contribution is 5.68. The molecule has 4 aromatic rings. The Morgan fingerprint density at radius 1 is 0.686 bits per heavy atom. The summed E-state index contributed by atoms with van der Waals surface area (Å²) < 4.78 is 23.3. The van der Waals surface area contributed by atoms with E-state index in [2.05, 4.69) is 0 Å². The van der Waals surface area contributed by atoms with Crippen LogP contribution in [0.5, 0.6) is 28.7 Å². The first-order chi connectivity index (χ1) is 17.1. The zero-order valence-electron chi connectivity index (χ0n) is 19.3. The van der Waals surface area contributed by atoms with E-state index in [1.807, 2.05) is 104 Å². The minimum Gasteiger partial charge on any atom is -0.489 e. The molecular weight excluding hydrogens is 444 g/mol. The Hall–Kier alpha value is -4.45. The van der Waals surface area contributed by atoms with Crippen molar-refractivity contribution in [1.82, 2.24) is 0 Å². The number of aliphatic carboxylic acids is 1. The van der Waals surface area contributed by atoms with Gasteiger partial charge in [-0.2, -0.15) is 0 Å². The van der Waals surface area contributed by atoms with E-state index in [0.717, 1.165) is 28.2 Å². The van der Waals surface area contributed by atoms with E-state index in [1.54, 1.807) is 0 Å². The third-order valence-corrected chi connectivity index (χ3v) is 5.12. The monoisotopic (exact) mass is 470 g/mol. The number of ether oxygens (including phenoxy) is 4. The first-order valence-corrected chi connectivity index (χ1v) is 11.2. The van der Waals surface area contributed by atoms with E-state index in [1.165, 1.54) is 0 Å². The number of benzene rings is 4. The zero-order chi connectivity index (χ0) is 24.5. The molecule has 0 aliphatic carbocycles. The molecule has 4 aromatic carbocycles. The Bertz CT molecular complexity index is 1270. The molecule has 0 atom stereocenters. The van der Waals surface area contributed by atoms with Crippen LogP contribution in [0.2, 0.25) is 0 Å². The van der Waals surface area contributed by atoms with E-state index < -0.39 is 12.6 Å². The number of carboxylic acid groups (broad SMARTS) is 1. The zero-order valence-corrected chi connectivity index (χ0v) is 19.3. The number of para-hydroxylation sites is 2. The van der Waals surface area contributed by atoms with Crippen LogP contribution in [0, 0.1) is 6.92 Å². The highest BCUT2D eigenvalue weighted by atomic mass is 16.5. The summed E-state index contributed by atoms with van der Waals surface area (Å²) in [4.78, 5) is 10.9. The lowest BCUT2D eigenvalue weighted by Crippen LogP contribution is -2.12. The number of hydrogen-bond donors (Lipinski definition) is 1. The summed E-state index contributed by atoms with van der Waals surface area (Å²) in [6, 6.07) is 30.4. The fourth-order valence-electron chi connectivity index (χ4n) is 3.47. The second-order valence-corrected chi connectivity index (χ2v) is 7.86. The molecule has 0 spiro atoms. The first kappa shape index (κ1) is 23.7. The van der Waals surface area contributed by atoms with Gasteiger partial charge < -0.3 is 24.1 Å². The lowest BCUT2D eigenvalue weighted by molar-refractivity contribution is -0.139. The largest absolute Gasteiger partial charge is 0.489 e. The minimum atomic E-state index is -1.03. The van der Waals surface area contributed by atoms with Crippen molar-refractivity contribution in [2.24, 2.45) is 0 Å². The van der Waals surface area contributed by atoms with E-state index >= 15 is 0 Å². The van der Waals surface area contributed by atoms with E-state index in [9.17, 15) is 4.79 Å². The standard InChI is InChI=1S/C29H26O6/c1-21-8-5-10-23(29(21)34-20-28(30)31)19-33-26-14-7-13-25(17-26)32-18-22-9-6-15-27(16-22)35-24-11-3-2-4-12-24/h2-17H,18-20H2,1H3,(H,30,31). The summed E-state index contributed by atoms with van der Waals surface area (Å²) in [6.07, 6.45) is 0. The van der Waals surface area contributed by atoms with Crippen LogP contribution in [0.15, 0.2) is 97.1 Å². The third-order valence-electron chi connectivity index (χ3n) is 5.12. The molecule has 0 unspecified atom stereocenters. The Labute approximate surface area is 204 Å². The van der Waals surface area contributed by atoms with Gasteiger partial charge in [0.25, 0.3) is 0 Å². The molecule has 0 fully saturated rings. The van der Waals surface area contributed by atoms with E-state index in [-0.39, 0.29) is 6.61 Å². The summed E-state index contributed by atoms with van der Waals surface area (Å²) in [6.45, 7) is 2.08. The number of carboxylic acids is 1. The molecule has 0 saturated carbocycles. The van der Waals surface area contributed by atoms with E-state index in [0.29, 0.717) is 23.9 Å². The molecular formula is C29H26O6. The number of carbonyl (C=O) groups is 1. The average Bonchev–Trinajstić information content (AvgIpc) is 2.87. The van der Waals surface area contributed by atoms with Crippen molar-refractivity contribution in [3.8, 4) is 28.7 Å². The lowest BCUT2D eigenvalue weighted by Gasteiger charge is -2.14. The van der Waals surface area contributed by atoms with Gasteiger partial charge in [0, 0.05) is 11.6 Å². The molecule has 6 nitrogen and oxygen atoms in total. The van der Waals surface area contributed by atoms with Crippen LogP contribution in [-0.2, 0) is 18.0 Å². The summed E-state index contributed by atoms with van der Waals surface area (Å²) in [5.74, 6) is 2.33. The van der Waals surface area contributed by atoms with Crippen LogP contribution in [0.3, 0.4) is 0 Å². The fraction of sp³-hybridized carbons (Fsp3) is 0.138. The molecule has 1 N–H and O–H groups in total. The highest BCUT2D eigenvalue weighted by Gasteiger charge is 2.10. The van der Waals surface area contributed by atoms with Gasteiger partial charge in [0.05, 0.1) is 0 Å². The van der Waals surface area contributed by atoms with Crippen LogP contribution in [-0.4, -0.2) is 17.7 Å². The van der Waals surface area contributed by atoms with Crippen LogP contribution in [0.25, 0.3) is 0 Å². The normalized spacial score (nSPS) is 10.4. The lowest BCUT2D eigenvalue weighted by atomic mass is 10.1. The molecule has 0 heterocycles. The van der Waals surface area contributed by atoms with Crippen molar-refractivity contribution in [2.45, 2.75) is 20.1 Å². The number of hydrogen-bond acceptors (Lipinski definition) is 5. The third kappa shape index (κ3) is 7.01. The van der Waals surface area contributed by atoms with Gasteiger partial charge in [-0.15, -0.1) is 0 Å². The van der Waals surface area contributed by atoms with Crippen molar-refractivity contribution in [3.63, 3.8) is 0 Å². The maximum absolute atomic E-state index is 10.9. The molecule has 0 radical (unpaired) electrons. The maximum Gasteiger partial charge on any atom is 0.341 e. The molecule has 0 bridgehead atoms. The van der Waals surface area contributed by atoms with Gasteiger partial charge >= 0.3 is 5.97 Å². The summed E-state index contributed by atoms with van der Waals surface area (Å²) in [7, 11) is 0. The van der Waals surface area contributed by atoms with Gasteiger partial charge in [-0.05, 0) is 54.4 Å². The predicted octanol–water partition coefficient (Wildman–Crippen LogP) is 6.41. The average molecular weight is 471 g/mol. The molecule has 0 saturated heterocycles. The summed E-state index contributed by atoms with van der Waals surface area (Å²) in [5.41, 5.74) is 2.60. The molecule has 178 valence electrons. The van der Waals surface area contributed by atoms with Crippen LogP contribution >= 0.6 is 0 Å². The number of rotatable bonds is 11.